The highest BCUT2D eigenvalue weighted by atomic mass is 16.5. The van der Waals surface area contributed by atoms with Gasteiger partial charge in [0.2, 0.25) is 0 Å². The third-order valence-corrected chi connectivity index (χ3v) is 3.23. The van der Waals surface area contributed by atoms with Crippen molar-refractivity contribution in [1.29, 1.82) is 0 Å². The Bertz CT molecular complexity index is 404. The average Bonchev–Trinajstić information content (AvgIpc) is 2.89. The highest BCUT2D eigenvalue weighted by molar-refractivity contribution is 5.39. The van der Waals surface area contributed by atoms with E-state index in [0.29, 0.717) is 0 Å². The molecule has 0 bridgehead atoms. The predicted molar refractivity (Wildman–Crippen MR) is 77.8 cm³/mol. The van der Waals surface area contributed by atoms with E-state index in [9.17, 15) is 0 Å². The molecule has 3 nitrogen and oxygen atoms in total. The number of nitrogens with one attached hydrogen (secondary N) is 1. The molecule has 3 heteroatoms. The minimum Gasteiger partial charge on any atom is -0.493 e. The summed E-state index contributed by atoms with van der Waals surface area (Å²) >= 11 is 0. The first-order chi connectivity index (χ1) is 9.40. The molecule has 0 aliphatic carbocycles. The van der Waals surface area contributed by atoms with Crippen molar-refractivity contribution in [2.24, 2.45) is 0 Å². The third kappa shape index (κ3) is 4.69. The van der Waals surface area contributed by atoms with Crippen molar-refractivity contribution in [2.75, 3.05) is 32.9 Å². The number of fused-ring (bicyclic) bond motifs is 1. The van der Waals surface area contributed by atoms with Crippen LogP contribution in [0.3, 0.4) is 0 Å². The lowest BCUT2D eigenvalue weighted by Gasteiger charge is -2.07. The maximum atomic E-state index is 5.50. The number of ether oxygens (including phenoxy) is 2. The number of benzene rings is 1. The maximum absolute atomic E-state index is 5.50. The first-order valence-corrected chi connectivity index (χ1v) is 7.04. The first-order valence-electron chi connectivity index (χ1n) is 7.04. The fraction of sp³-hybridized carbons (Fsp3) is 0.500. The summed E-state index contributed by atoms with van der Waals surface area (Å²) in [6.45, 7) is 7.94. The summed E-state index contributed by atoms with van der Waals surface area (Å²) < 4.78 is 10.9. The second-order valence-corrected chi connectivity index (χ2v) is 4.73. The van der Waals surface area contributed by atoms with Crippen LogP contribution in [0.1, 0.15) is 17.5 Å². The van der Waals surface area contributed by atoms with E-state index in [1.807, 2.05) is 6.08 Å². The van der Waals surface area contributed by atoms with Crippen molar-refractivity contribution < 1.29 is 9.47 Å². The lowest BCUT2D eigenvalue weighted by Crippen LogP contribution is -2.22. The summed E-state index contributed by atoms with van der Waals surface area (Å²) in [5, 5.41) is 3.40. The smallest absolute Gasteiger partial charge is 0.122 e. The monoisotopic (exact) mass is 261 g/mol. The summed E-state index contributed by atoms with van der Waals surface area (Å²) in [5.41, 5.74) is 2.73. The molecule has 2 rings (SSSR count). The highest BCUT2D eigenvalue weighted by Crippen LogP contribution is 2.25. The first kappa shape index (κ1) is 14.1. The Morgan fingerprint density at radius 3 is 3.16 bits per heavy atom. The van der Waals surface area contributed by atoms with Crippen LogP contribution in [-0.2, 0) is 17.6 Å². The molecule has 0 spiro atoms. The Hall–Kier alpha value is -1.32. The minimum atomic E-state index is 0.770. The summed E-state index contributed by atoms with van der Waals surface area (Å²) in [4.78, 5) is 0. The molecule has 1 aliphatic heterocycles. The molecule has 0 amide bonds. The second kappa shape index (κ2) is 7.97. The molecule has 104 valence electrons. The number of rotatable bonds is 9. The van der Waals surface area contributed by atoms with Crippen molar-refractivity contribution >= 4 is 0 Å². The lowest BCUT2D eigenvalue weighted by atomic mass is 10.1. The summed E-state index contributed by atoms with van der Waals surface area (Å²) in [7, 11) is 0. The molecular weight excluding hydrogens is 238 g/mol. The Labute approximate surface area is 115 Å². The molecule has 0 aromatic heterocycles. The zero-order valence-electron chi connectivity index (χ0n) is 11.5. The molecule has 1 heterocycles. The Kier molecular flexibility index (Phi) is 5.92. The van der Waals surface area contributed by atoms with Crippen LogP contribution in [0.4, 0.5) is 0 Å². The van der Waals surface area contributed by atoms with Crippen LogP contribution in [0.2, 0.25) is 0 Å². The van der Waals surface area contributed by atoms with Crippen LogP contribution in [0.15, 0.2) is 30.9 Å². The molecule has 0 unspecified atom stereocenters. The minimum absolute atomic E-state index is 0.770. The highest BCUT2D eigenvalue weighted by Gasteiger charge is 2.11. The van der Waals surface area contributed by atoms with Gasteiger partial charge in [0.15, 0.2) is 0 Å². The van der Waals surface area contributed by atoms with Crippen molar-refractivity contribution in [2.45, 2.75) is 19.3 Å². The van der Waals surface area contributed by atoms with E-state index in [0.717, 1.165) is 57.9 Å². The van der Waals surface area contributed by atoms with Gasteiger partial charge in [-0.2, -0.15) is 0 Å². The normalized spacial score (nSPS) is 13.1. The Morgan fingerprint density at radius 2 is 2.26 bits per heavy atom. The van der Waals surface area contributed by atoms with Gasteiger partial charge in [0.25, 0.3) is 0 Å². The molecular formula is C16H23NO2. The van der Waals surface area contributed by atoms with Gasteiger partial charge in [-0.25, -0.2) is 0 Å². The molecule has 1 aromatic rings. The van der Waals surface area contributed by atoms with Crippen LogP contribution in [0.5, 0.6) is 5.75 Å². The maximum Gasteiger partial charge on any atom is 0.122 e. The standard InChI is InChI=1S/C16H23NO2/c1-2-3-10-18-12-9-17-8-6-14-4-5-16-15(13-14)7-11-19-16/h2,4-5,13,17H,1,3,6-12H2. The Balaban J connectivity index is 1.57. The molecule has 0 fully saturated rings. The van der Waals surface area contributed by atoms with E-state index < -0.39 is 0 Å². The largest absolute Gasteiger partial charge is 0.493 e. The van der Waals surface area contributed by atoms with Crippen molar-refractivity contribution in [1.82, 2.24) is 5.32 Å². The van der Waals surface area contributed by atoms with E-state index in [1.54, 1.807) is 0 Å². The van der Waals surface area contributed by atoms with Gasteiger partial charge in [0.05, 0.1) is 19.8 Å². The van der Waals surface area contributed by atoms with E-state index in [1.165, 1.54) is 11.1 Å². The summed E-state index contributed by atoms with van der Waals surface area (Å²) in [5.74, 6) is 1.06. The van der Waals surface area contributed by atoms with Crippen LogP contribution in [0, 0.1) is 0 Å². The van der Waals surface area contributed by atoms with Crippen LogP contribution < -0.4 is 10.1 Å². The summed E-state index contributed by atoms with van der Waals surface area (Å²) in [6, 6.07) is 6.52. The third-order valence-electron chi connectivity index (χ3n) is 3.23. The molecule has 0 radical (unpaired) electrons. The van der Waals surface area contributed by atoms with E-state index in [2.05, 4.69) is 30.1 Å². The van der Waals surface area contributed by atoms with Gasteiger partial charge >= 0.3 is 0 Å². The number of hydrogen-bond donors (Lipinski definition) is 1. The SMILES string of the molecule is C=CCCOCCNCCc1ccc2c(c1)CCO2. The molecule has 1 aliphatic rings. The van der Waals surface area contributed by atoms with Crippen molar-refractivity contribution in [3.63, 3.8) is 0 Å². The van der Waals surface area contributed by atoms with Crippen molar-refractivity contribution in [3.05, 3.63) is 42.0 Å². The number of hydrogen-bond acceptors (Lipinski definition) is 3. The van der Waals surface area contributed by atoms with Crippen molar-refractivity contribution in [3.8, 4) is 5.75 Å². The summed E-state index contributed by atoms with van der Waals surface area (Å²) in [6.07, 6.45) is 4.91. The second-order valence-electron chi connectivity index (χ2n) is 4.73. The van der Waals surface area contributed by atoms with Crippen LogP contribution in [0.25, 0.3) is 0 Å². The zero-order chi connectivity index (χ0) is 13.3. The lowest BCUT2D eigenvalue weighted by molar-refractivity contribution is 0.140. The van der Waals surface area contributed by atoms with Gasteiger partial charge in [0.1, 0.15) is 5.75 Å². The Morgan fingerprint density at radius 1 is 1.32 bits per heavy atom. The van der Waals surface area contributed by atoms with Gasteiger partial charge < -0.3 is 14.8 Å². The average molecular weight is 261 g/mol. The van der Waals surface area contributed by atoms with E-state index in [4.69, 9.17) is 9.47 Å². The van der Waals surface area contributed by atoms with Crippen LogP contribution >= 0.6 is 0 Å². The van der Waals surface area contributed by atoms with Gasteiger partial charge in [-0.15, -0.1) is 6.58 Å². The van der Waals surface area contributed by atoms with Gasteiger partial charge in [-0.1, -0.05) is 18.2 Å². The van der Waals surface area contributed by atoms with E-state index in [-0.39, 0.29) is 0 Å². The molecule has 1 aromatic carbocycles. The molecule has 0 saturated carbocycles. The zero-order valence-corrected chi connectivity index (χ0v) is 11.5. The topological polar surface area (TPSA) is 30.5 Å². The van der Waals surface area contributed by atoms with Gasteiger partial charge in [-0.3, -0.25) is 0 Å². The molecule has 19 heavy (non-hydrogen) atoms. The molecule has 0 atom stereocenters. The quantitative estimate of drug-likeness (QED) is 0.547. The van der Waals surface area contributed by atoms with Crippen LogP contribution in [-0.4, -0.2) is 32.9 Å². The molecule has 0 saturated heterocycles. The van der Waals surface area contributed by atoms with Gasteiger partial charge in [0, 0.05) is 13.0 Å². The fourth-order valence-corrected chi connectivity index (χ4v) is 2.17. The molecule has 1 N–H and O–H groups in total. The fourth-order valence-electron chi connectivity index (χ4n) is 2.17. The van der Waals surface area contributed by atoms with E-state index >= 15 is 0 Å². The predicted octanol–water partition coefficient (Wildman–Crippen LogP) is 2.35. The van der Waals surface area contributed by atoms with Gasteiger partial charge in [-0.05, 0) is 36.6 Å².